The predicted molar refractivity (Wildman–Crippen MR) is 101 cm³/mol. The first-order chi connectivity index (χ1) is 12.5. The number of aromatic nitrogens is 1. The van der Waals surface area contributed by atoms with Crippen molar-refractivity contribution < 1.29 is 14.0 Å². The standard InChI is InChI=1S/C19H16FN3O2S/c1-12(24)21-17-9-14(7-8-16(17)20)22-18(25)10-15-11-26-19(23-15)13-5-3-2-4-6-13/h2-9,11H,10H2,1H3,(H,21,24)(H,22,25). The average Bonchev–Trinajstić information content (AvgIpc) is 3.06. The van der Waals surface area contributed by atoms with Crippen LogP contribution in [0.4, 0.5) is 15.8 Å². The molecule has 132 valence electrons. The fourth-order valence-electron chi connectivity index (χ4n) is 2.36. The Morgan fingerprint density at radius 1 is 1.12 bits per heavy atom. The summed E-state index contributed by atoms with van der Waals surface area (Å²) in [5, 5.41) is 7.76. The highest BCUT2D eigenvalue weighted by atomic mass is 32.1. The van der Waals surface area contributed by atoms with Gasteiger partial charge in [-0.3, -0.25) is 9.59 Å². The quantitative estimate of drug-likeness (QED) is 0.712. The number of rotatable bonds is 5. The van der Waals surface area contributed by atoms with Crippen LogP contribution in [0, 0.1) is 5.82 Å². The fourth-order valence-corrected chi connectivity index (χ4v) is 3.19. The van der Waals surface area contributed by atoms with Crippen LogP contribution >= 0.6 is 11.3 Å². The summed E-state index contributed by atoms with van der Waals surface area (Å²) in [5.74, 6) is -1.22. The van der Waals surface area contributed by atoms with Crippen LogP contribution in [0.2, 0.25) is 0 Å². The predicted octanol–water partition coefficient (Wildman–Crippen LogP) is 4.09. The van der Waals surface area contributed by atoms with Crippen LogP contribution in [0.25, 0.3) is 10.6 Å². The van der Waals surface area contributed by atoms with E-state index in [2.05, 4.69) is 15.6 Å². The third kappa shape index (κ3) is 4.52. The Labute approximate surface area is 153 Å². The molecule has 0 aliphatic heterocycles. The van der Waals surface area contributed by atoms with E-state index in [4.69, 9.17) is 0 Å². The summed E-state index contributed by atoms with van der Waals surface area (Å²) in [5.41, 5.74) is 2.09. The van der Waals surface area contributed by atoms with Crippen LogP contribution in [0.3, 0.4) is 0 Å². The number of hydrogen-bond donors (Lipinski definition) is 2. The van der Waals surface area contributed by atoms with Gasteiger partial charge in [0.1, 0.15) is 10.8 Å². The van der Waals surface area contributed by atoms with Crippen molar-refractivity contribution in [3.8, 4) is 10.6 Å². The molecule has 3 aromatic rings. The van der Waals surface area contributed by atoms with Crippen molar-refractivity contribution in [1.82, 2.24) is 4.98 Å². The normalized spacial score (nSPS) is 10.4. The van der Waals surface area contributed by atoms with E-state index in [9.17, 15) is 14.0 Å². The minimum Gasteiger partial charge on any atom is -0.326 e. The molecule has 0 saturated carbocycles. The van der Waals surface area contributed by atoms with Crippen molar-refractivity contribution in [1.29, 1.82) is 0 Å². The Morgan fingerprint density at radius 3 is 2.62 bits per heavy atom. The fraction of sp³-hybridized carbons (Fsp3) is 0.105. The van der Waals surface area contributed by atoms with Crippen molar-refractivity contribution in [3.05, 3.63) is 65.4 Å². The van der Waals surface area contributed by atoms with Gasteiger partial charge in [-0.2, -0.15) is 0 Å². The highest BCUT2D eigenvalue weighted by molar-refractivity contribution is 7.13. The summed E-state index contributed by atoms with van der Waals surface area (Å²) in [4.78, 5) is 27.8. The van der Waals surface area contributed by atoms with Gasteiger partial charge in [0.05, 0.1) is 17.8 Å². The molecule has 3 rings (SSSR count). The second kappa shape index (κ2) is 7.88. The molecule has 0 bridgehead atoms. The van der Waals surface area contributed by atoms with Gasteiger partial charge < -0.3 is 10.6 Å². The van der Waals surface area contributed by atoms with Gasteiger partial charge in [0.2, 0.25) is 11.8 Å². The summed E-state index contributed by atoms with van der Waals surface area (Å²) in [7, 11) is 0. The van der Waals surface area contributed by atoms with Gasteiger partial charge in [0.25, 0.3) is 0 Å². The van der Waals surface area contributed by atoms with Gasteiger partial charge in [-0.15, -0.1) is 11.3 Å². The largest absolute Gasteiger partial charge is 0.326 e. The maximum absolute atomic E-state index is 13.6. The minimum atomic E-state index is -0.565. The zero-order chi connectivity index (χ0) is 18.5. The van der Waals surface area contributed by atoms with Crippen LogP contribution in [0.15, 0.2) is 53.9 Å². The first-order valence-electron chi connectivity index (χ1n) is 7.88. The van der Waals surface area contributed by atoms with E-state index in [0.29, 0.717) is 11.4 Å². The number of hydrogen-bond acceptors (Lipinski definition) is 4. The second-order valence-electron chi connectivity index (χ2n) is 5.61. The number of carbonyl (C=O) groups is 2. The Hall–Kier alpha value is -3.06. The summed E-state index contributed by atoms with van der Waals surface area (Å²) in [6.07, 6.45) is 0.107. The first-order valence-corrected chi connectivity index (χ1v) is 8.76. The molecule has 0 spiro atoms. The van der Waals surface area contributed by atoms with Gasteiger partial charge in [-0.05, 0) is 18.2 Å². The number of halogens is 1. The van der Waals surface area contributed by atoms with Crippen LogP contribution in [-0.4, -0.2) is 16.8 Å². The molecule has 0 unspecified atom stereocenters. The summed E-state index contributed by atoms with van der Waals surface area (Å²) in [6.45, 7) is 1.29. The number of nitrogens with zero attached hydrogens (tertiary/aromatic N) is 1. The van der Waals surface area contributed by atoms with Crippen molar-refractivity contribution >= 4 is 34.5 Å². The van der Waals surface area contributed by atoms with Crippen LogP contribution in [0.5, 0.6) is 0 Å². The van der Waals surface area contributed by atoms with Crippen molar-refractivity contribution in [2.45, 2.75) is 13.3 Å². The maximum atomic E-state index is 13.6. The SMILES string of the molecule is CC(=O)Nc1cc(NC(=O)Cc2csc(-c3ccccc3)n2)ccc1F. The summed E-state index contributed by atoms with van der Waals surface area (Å²) < 4.78 is 13.6. The summed E-state index contributed by atoms with van der Waals surface area (Å²) in [6, 6.07) is 13.7. The van der Waals surface area contributed by atoms with Gasteiger partial charge in [0, 0.05) is 23.6 Å². The number of thiazole rings is 1. The molecule has 0 atom stereocenters. The van der Waals surface area contributed by atoms with E-state index in [1.54, 1.807) is 0 Å². The monoisotopic (exact) mass is 369 g/mol. The number of amides is 2. The molecule has 0 aliphatic rings. The molecule has 0 radical (unpaired) electrons. The van der Waals surface area contributed by atoms with Crippen molar-refractivity contribution in [2.24, 2.45) is 0 Å². The van der Waals surface area contributed by atoms with E-state index in [1.807, 2.05) is 35.7 Å². The smallest absolute Gasteiger partial charge is 0.230 e. The Morgan fingerprint density at radius 2 is 1.88 bits per heavy atom. The lowest BCUT2D eigenvalue weighted by Gasteiger charge is -2.08. The van der Waals surface area contributed by atoms with Crippen LogP contribution in [0.1, 0.15) is 12.6 Å². The number of carbonyl (C=O) groups excluding carboxylic acids is 2. The Kier molecular flexibility index (Phi) is 5.38. The van der Waals surface area contributed by atoms with Crippen molar-refractivity contribution in [3.63, 3.8) is 0 Å². The van der Waals surface area contributed by atoms with Crippen molar-refractivity contribution in [2.75, 3.05) is 10.6 Å². The third-order valence-corrected chi connectivity index (χ3v) is 4.42. The zero-order valence-electron chi connectivity index (χ0n) is 14.0. The molecular weight excluding hydrogens is 353 g/mol. The van der Waals surface area contributed by atoms with Gasteiger partial charge in [-0.25, -0.2) is 9.37 Å². The minimum absolute atomic E-state index is 0.0234. The molecule has 0 fully saturated rings. The van der Waals surface area contributed by atoms with E-state index >= 15 is 0 Å². The Bertz CT molecular complexity index is 941. The summed E-state index contributed by atoms with van der Waals surface area (Å²) >= 11 is 1.47. The molecule has 2 amide bonds. The average molecular weight is 369 g/mol. The van der Waals surface area contributed by atoms with Crippen LogP contribution < -0.4 is 10.6 Å². The van der Waals surface area contributed by atoms with Gasteiger partial charge in [0.15, 0.2) is 0 Å². The van der Waals surface area contributed by atoms with Gasteiger partial charge in [-0.1, -0.05) is 30.3 Å². The zero-order valence-corrected chi connectivity index (χ0v) is 14.8. The highest BCUT2D eigenvalue weighted by Gasteiger charge is 2.11. The molecule has 26 heavy (non-hydrogen) atoms. The lowest BCUT2D eigenvalue weighted by atomic mass is 10.2. The molecule has 1 heterocycles. The molecule has 0 saturated heterocycles. The number of nitrogens with one attached hydrogen (secondary N) is 2. The maximum Gasteiger partial charge on any atom is 0.230 e. The molecule has 2 N–H and O–H groups in total. The van der Waals surface area contributed by atoms with Crippen LogP contribution in [-0.2, 0) is 16.0 Å². The molecule has 0 aliphatic carbocycles. The molecule has 5 nitrogen and oxygen atoms in total. The molecule has 7 heteroatoms. The highest BCUT2D eigenvalue weighted by Crippen LogP contribution is 2.24. The lowest BCUT2D eigenvalue weighted by Crippen LogP contribution is -2.15. The van der Waals surface area contributed by atoms with E-state index in [-0.39, 0.29) is 23.9 Å². The number of anilines is 2. The van der Waals surface area contributed by atoms with E-state index in [0.717, 1.165) is 10.6 Å². The topological polar surface area (TPSA) is 71.1 Å². The Balaban J connectivity index is 1.66. The number of benzene rings is 2. The van der Waals surface area contributed by atoms with E-state index in [1.165, 1.54) is 36.5 Å². The van der Waals surface area contributed by atoms with Gasteiger partial charge >= 0.3 is 0 Å². The molecular formula is C19H16FN3O2S. The molecule has 2 aromatic carbocycles. The lowest BCUT2D eigenvalue weighted by molar-refractivity contribution is -0.116. The first kappa shape index (κ1) is 17.8. The van der Waals surface area contributed by atoms with E-state index < -0.39 is 5.82 Å². The third-order valence-electron chi connectivity index (χ3n) is 3.47. The second-order valence-corrected chi connectivity index (χ2v) is 6.47. The molecule has 1 aromatic heterocycles.